The maximum absolute atomic E-state index is 8.86. The maximum atomic E-state index is 8.86. The summed E-state index contributed by atoms with van der Waals surface area (Å²) in [6.45, 7) is 0. The van der Waals surface area contributed by atoms with Gasteiger partial charge in [-0.1, -0.05) is 0 Å². The molecule has 4 heteroatoms. The topological polar surface area (TPSA) is 57.4 Å². The van der Waals surface area contributed by atoms with Crippen LogP contribution in [0.2, 0.25) is 0 Å². The van der Waals surface area contributed by atoms with Crippen LogP contribution in [-0.2, 0) is 7.05 Å². The second kappa shape index (κ2) is 2.79. The molecule has 0 saturated carbocycles. The molecule has 0 spiro atoms. The molecule has 0 bridgehead atoms. The summed E-state index contributed by atoms with van der Waals surface area (Å²) in [4.78, 5) is 7.15. The average Bonchev–Trinajstić information content (AvgIpc) is 2.71. The van der Waals surface area contributed by atoms with Crippen molar-refractivity contribution in [2.24, 2.45) is 7.05 Å². The summed E-state index contributed by atoms with van der Waals surface area (Å²) in [5, 5.41) is 8.86. The molecule has 4 nitrogen and oxygen atoms in total. The van der Waals surface area contributed by atoms with Crippen LogP contribution in [0.25, 0.3) is 11.4 Å². The third-order valence-electron chi connectivity index (χ3n) is 1.90. The minimum absolute atomic E-state index is 0.572. The molecule has 0 fully saturated rings. The number of rotatable bonds is 1. The highest BCUT2D eigenvalue weighted by atomic mass is 15.0. The van der Waals surface area contributed by atoms with Crippen molar-refractivity contribution in [1.29, 1.82) is 5.26 Å². The van der Waals surface area contributed by atoms with E-state index < -0.39 is 0 Å². The number of nitrogens with one attached hydrogen (secondary N) is 1. The summed E-state index contributed by atoms with van der Waals surface area (Å²) >= 11 is 0. The molecule has 64 valence electrons. The summed E-state index contributed by atoms with van der Waals surface area (Å²) in [5.41, 5.74) is 2.15. The first-order valence-electron chi connectivity index (χ1n) is 3.88. The molecule has 0 aliphatic carbocycles. The van der Waals surface area contributed by atoms with Crippen molar-refractivity contribution in [3.8, 4) is 17.5 Å². The van der Waals surface area contributed by atoms with Gasteiger partial charge in [0.1, 0.15) is 17.5 Å². The zero-order chi connectivity index (χ0) is 9.26. The third kappa shape index (κ3) is 1.11. The largest absolute Gasteiger partial charge is 0.360 e. The predicted molar refractivity (Wildman–Crippen MR) is 47.7 cm³/mol. The Balaban J connectivity index is 2.60. The van der Waals surface area contributed by atoms with E-state index in [2.05, 4.69) is 16.0 Å². The first-order valence-corrected chi connectivity index (χ1v) is 3.88. The molecule has 0 radical (unpaired) electrons. The zero-order valence-electron chi connectivity index (χ0n) is 7.15. The molecule has 0 saturated heterocycles. The Morgan fingerprint density at radius 2 is 2.46 bits per heavy atom. The van der Waals surface area contributed by atoms with E-state index >= 15 is 0 Å². The monoisotopic (exact) mass is 172 g/mol. The lowest BCUT2D eigenvalue weighted by molar-refractivity contribution is 0.896. The fourth-order valence-electron chi connectivity index (χ4n) is 1.24. The van der Waals surface area contributed by atoms with Crippen molar-refractivity contribution in [1.82, 2.24) is 14.5 Å². The molecule has 2 heterocycles. The molecule has 2 rings (SSSR count). The first kappa shape index (κ1) is 7.62. The van der Waals surface area contributed by atoms with Gasteiger partial charge in [-0.05, 0) is 12.1 Å². The van der Waals surface area contributed by atoms with Crippen LogP contribution >= 0.6 is 0 Å². The van der Waals surface area contributed by atoms with Crippen LogP contribution in [-0.4, -0.2) is 14.5 Å². The molecule has 1 N–H and O–H groups in total. The Bertz CT molecular complexity index is 444. The van der Waals surface area contributed by atoms with E-state index in [0.717, 1.165) is 5.69 Å². The van der Waals surface area contributed by atoms with Gasteiger partial charge in [0.05, 0.1) is 12.0 Å². The molecule has 0 amide bonds. The molecule has 2 aromatic heterocycles. The highest BCUT2D eigenvalue weighted by Crippen LogP contribution is 2.18. The fraction of sp³-hybridized carbons (Fsp3) is 0.111. The van der Waals surface area contributed by atoms with Crippen molar-refractivity contribution in [3.05, 3.63) is 30.4 Å². The number of H-pyrrole nitrogens is 1. The molecule has 0 aliphatic heterocycles. The van der Waals surface area contributed by atoms with Crippen molar-refractivity contribution in [3.63, 3.8) is 0 Å². The van der Waals surface area contributed by atoms with Gasteiger partial charge in [-0.15, -0.1) is 0 Å². The number of hydrogen-bond acceptors (Lipinski definition) is 2. The van der Waals surface area contributed by atoms with Gasteiger partial charge in [-0.2, -0.15) is 5.26 Å². The van der Waals surface area contributed by atoms with Gasteiger partial charge < -0.3 is 9.55 Å². The number of hydrogen-bond donors (Lipinski definition) is 1. The van der Waals surface area contributed by atoms with Gasteiger partial charge in [0.25, 0.3) is 0 Å². The molecule has 0 unspecified atom stereocenters. The van der Waals surface area contributed by atoms with Crippen molar-refractivity contribution < 1.29 is 0 Å². The highest BCUT2D eigenvalue weighted by Gasteiger charge is 2.10. The number of aromatic amines is 1. The standard InChI is InChI=1S/C9H8N4/c1-13-6-12-9(8(13)5-10)7-3-2-4-11-7/h2-4,6,11H,1H3. The van der Waals surface area contributed by atoms with E-state index in [9.17, 15) is 0 Å². The summed E-state index contributed by atoms with van der Waals surface area (Å²) in [5.74, 6) is 0. The van der Waals surface area contributed by atoms with Gasteiger partial charge in [0.2, 0.25) is 0 Å². The normalized spacial score (nSPS) is 9.85. The summed E-state index contributed by atoms with van der Waals surface area (Å²) in [7, 11) is 1.80. The fourth-order valence-corrected chi connectivity index (χ4v) is 1.24. The molecule has 0 atom stereocenters. The minimum Gasteiger partial charge on any atom is -0.360 e. The molecule has 2 aromatic rings. The van der Waals surface area contributed by atoms with E-state index in [1.807, 2.05) is 18.3 Å². The minimum atomic E-state index is 0.572. The van der Waals surface area contributed by atoms with Crippen LogP contribution in [0.1, 0.15) is 5.69 Å². The van der Waals surface area contributed by atoms with E-state index in [1.165, 1.54) is 0 Å². The van der Waals surface area contributed by atoms with Crippen LogP contribution in [0.15, 0.2) is 24.7 Å². The molecule has 0 aromatic carbocycles. The highest BCUT2D eigenvalue weighted by molar-refractivity contribution is 5.61. The zero-order valence-corrected chi connectivity index (χ0v) is 7.15. The molecule has 0 aliphatic rings. The van der Waals surface area contributed by atoms with E-state index in [-0.39, 0.29) is 0 Å². The van der Waals surface area contributed by atoms with Gasteiger partial charge in [-0.25, -0.2) is 4.98 Å². The Morgan fingerprint density at radius 3 is 3.08 bits per heavy atom. The average molecular weight is 172 g/mol. The number of imidazole rings is 1. The molecule has 13 heavy (non-hydrogen) atoms. The van der Waals surface area contributed by atoms with Gasteiger partial charge in [-0.3, -0.25) is 0 Å². The van der Waals surface area contributed by atoms with Crippen molar-refractivity contribution in [2.45, 2.75) is 0 Å². The third-order valence-corrected chi connectivity index (χ3v) is 1.90. The SMILES string of the molecule is Cn1cnc(-c2ccc[nH]2)c1C#N. The van der Waals surface area contributed by atoms with Crippen LogP contribution in [0.3, 0.4) is 0 Å². The van der Waals surface area contributed by atoms with Crippen molar-refractivity contribution >= 4 is 0 Å². The summed E-state index contributed by atoms with van der Waals surface area (Å²) < 4.78 is 1.70. The molecular formula is C9H8N4. The Hall–Kier alpha value is -2.02. The van der Waals surface area contributed by atoms with Crippen LogP contribution in [0, 0.1) is 11.3 Å². The number of nitriles is 1. The van der Waals surface area contributed by atoms with E-state index in [4.69, 9.17) is 5.26 Å². The Kier molecular flexibility index (Phi) is 1.64. The van der Waals surface area contributed by atoms with Gasteiger partial charge in [0, 0.05) is 13.2 Å². The Labute approximate surface area is 75.5 Å². The lowest BCUT2D eigenvalue weighted by atomic mass is 10.2. The Morgan fingerprint density at radius 1 is 1.62 bits per heavy atom. The number of aromatic nitrogens is 3. The number of aryl methyl sites for hydroxylation is 1. The predicted octanol–water partition coefficient (Wildman–Crippen LogP) is 1.29. The second-order valence-corrected chi connectivity index (χ2v) is 2.75. The van der Waals surface area contributed by atoms with Crippen LogP contribution in [0.5, 0.6) is 0 Å². The smallest absolute Gasteiger partial charge is 0.149 e. The van der Waals surface area contributed by atoms with Crippen LogP contribution < -0.4 is 0 Å². The summed E-state index contributed by atoms with van der Waals surface area (Å²) in [6.07, 6.45) is 3.44. The lowest BCUT2D eigenvalue weighted by Crippen LogP contribution is -1.90. The van der Waals surface area contributed by atoms with Gasteiger partial charge in [0.15, 0.2) is 0 Å². The second-order valence-electron chi connectivity index (χ2n) is 2.75. The molecular weight excluding hydrogens is 164 g/mol. The van der Waals surface area contributed by atoms with E-state index in [1.54, 1.807) is 17.9 Å². The van der Waals surface area contributed by atoms with Crippen molar-refractivity contribution in [2.75, 3.05) is 0 Å². The van der Waals surface area contributed by atoms with Gasteiger partial charge >= 0.3 is 0 Å². The summed E-state index contributed by atoms with van der Waals surface area (Å²) in [6, 6.07) is 5.88. The van der Waals surface area contributed by atoms with E-state index in [0.29, 0.717) is 11.4 Å². The lowest BCUT2D eigenvalue weighted by Gasteiger charge is -1.93. The first-order chi connectivity index (χ1) is 6.33. The quantitative estimate of drug-likeness (QED) is 0.704. The maximum Gasteiger partial charge on any atom is 0.149 e. The van der Waals surface area contributed by atoms with Crippen LogP contribution in [0.4, 0.5) is 0 Å². The number of nitrogens with zero attached hydrogens (tertiary/aromatic N) is 3.